The van der Waals surface area contributed by atoms with Crippen molar-refractivity contribution in [3.05, 3.63) is 24.3 Å². The third kappa shape index (κ3) is 2.22. The standard InChI is InChI=1S/C6H4F2N2O2/c7-6(8)12-5(11)4-3-9-1-2-10-4/h1-3,6H. The van der Waals surface area contributed by atoms with Crippen molar-refractivity contribution >= 4 is 5.97 Å². The zero-order valence-corrected chi connectivity index (χ0v) is 5.78. The first-order chi connectivity index (χ1) is 5.70. The summed E-state index contributed by atoms with van der Waals surface area (Å²) in [4.78, 5) is 17.6. The summed E-state index contributed by atoms with van der Waals surface area (Å²) in [5.74, 6) is -1.18. The molecule has 0 aliphatic rings. The predicted octanol–water partition coefficient (Wildman–Crippen LogP) is 0.856. The van der Waals surface area contributed by atoms with Gasteiger partial charge in [-0.2, -0.15) is 8.78 Å². The average molecular weight is 174 g/mol. The van der Waals surface area contributed by atoms with E-state index in [1.54, 1.807) is 0 Å². The van der Waals surface area contributed by atoms with E-state index in [4.69, 9.17) is 0 Å². The number of ether oxygens (including phenoxy) is 1. The number of hydrogen-bond donors (Lipinski definition) is 0. The van der Waals surface area contributed by atoms with Gasteiger partial charge in [0.25, 0.3) is 0 Å². The minimum Gasteiger partial charge on any atom is -0.398 e. The van der Waals surface area contributed by atoms with Gasteiger partial charge in [-0.05, 0) is 0 Å². The first-order valence-electron chi connectivity index (χ1n) is 2.95. The van der Waals surface area contributed by atoms with E-state index in [-0.39, 0.29) is 5.69 Å². The highest BCUT2D eigenvalue weighted by molar-refractivity contribution is 5.86. The van der Waals surface area contributed by atoms with Crippen LogP contribution in [0.1, 0.15) is 10.5 Å². The van der Waals surface area contributed by atoms with Crippen molar-refractivity contribution in [1.29, 1.82) is 0 Å². The molecule has 1 aromatic heterocycles. The Kier molecular flexibility index (Phi) is 2.62. The van der Waals surface area contributed by atoms with Gasteiger partial charge in [-0.3, -0.25) is 4.98 Å². The second kappa shape index (κ2) is 3.70. The Morgan fingerprint density at radius 1 is 1.50 bits per heavy atom. The van der Waals surface area contributed by atoms with Crippen LogP contribution >= 0.6 is 0 Å². The molecule has 0 spiro atoms. The highest BCUT2D eigenvalue weighted by Gasteiger charge is 2.13. The Bertz CT molecular complexity index is 266. The van der Waals surface area contributed by atoms with Gasteiger partial charge in [-0.25, -0.2) is 9.78 Å². The van der Waals surface area contributed by atoms with E-state index in [9.17, 15) is 13.6 Å². The molecule has 0 N–H and O–H groups in total. The number of halogens is 2. The minimum atomic E-state index is -3.13. The van der Waals surface area contributed by atoms with Crippen molar-refractivity contribution in [2.24, 2.45) is 0 Å². The number of esters is 1. The summed E-state index contributed by atoms with van der Waals surface area (Å²) in [7, 11) is 0. The van der Waals surface area contributed by atoms with Crippen LogP contribution in [-0.2, 0) is 4.74 Å². The SMILES string of the molecule is O=C(OC(F)F)c1cnccn1. The number of carbonyl (C=O) groups is 1. The molecule has 0 aromatic carbocycles. The number of alkyl halides is 2. The number of carbonyl (C=O) groups excluding carboxylic acids is 1. The maximum atomic E-state index is 11.5. The average Bonchev–Trinajstić information content (AvgIpc) is 2.05. The molecule has 0 fully saturated rings. The Hall–Kier alpha value is -1.59. The van der Waals surface area contributed by atoms with Crippen molar-refractivity contribution in [2.75, 3.05) is 0 Å². The summed E-state index contributed by atoms with van der Waals surface area (Å²) in [5.41, 5.74) is -0.238. The molecule has 0 aliphatic heterocycles. The van der Waals surface area contributed by atoms with Crippen molar-refractivity contribution in [3.63, 3.8) is 0 Å². The van der Waals surface area contributed by atoms with Crippen LogP contribution < -0.4 is 0 Å². The van der Waals surface area contributed by atoms with Gasteiger partial charge in [0, 0.05) is 12.4 Å². The molecule has 0 saturated carbocycles. The summed E-state index contributed by atoms with van der Waals surface area (Å²) >= 11 is 0. The van der Waals surface area contributed by atoms with Crippen LogP contribution in [0, 0.1) is 0 Å². The quantitative estimate of drug-likeness (QED) is 0.624. The van der Waals surface area contributed by atoms with Crippen LogP contribution in [0.3, 0.4) is 0 Å². The molecule has 1 rings (SSSR count). The maximum Gasteiger partial charge on any atom is 0.389 e. The largest absolute Gasteiger partial charge is 0.398 e. The molecule has 12 heavy (non-hydrogen) atoms. The fourth-order valence-corrected chi connectivity index (χ4v) is 0.546. The van der Waals surface area contributed by atoms with Gasteiger partial charge in [0.15, 0.2) is 5.69 Å². The van der Waals surface area contributed by atoms with Gasteiger partial charge >= 0.3 is 12.6 Å². The van der Waals surface area contributed by atoms with Crippen LogP contribution in [0.2, 0.25) is 0 Å². The molecule has 0 aliphatic carbocycles. The Morgan fingerprint density at radius 3 is 2.75 bits per heavy atom. The summed E-state index contributed by atoms with van der Waals surface area (Å²) in [6.45, 7) is -3.13. The summed E-state index contributed by atoms with van der Waals surface area (Å²) in [5, 5.41) is 0. The van der Waals surface area contributed by atoms with E-state index in [1.807, 2.05) is 0 Å². The molecular weight excluding hydrogens is 170 g/mol. The lowest BCUT2D eigenvalue weighted by atomic mass is 10.5. The Balaban J connectivity index is 2.66. The van der Waals surface area contributed by atoms with Crippen LogP contribution in [-0.4, -0.2) is 22.5 Å². The molecule has 6 heteroatoms. The molecule has 0 bridgehead atoms. The third-order valence-corrected chi connectivity index (χ3v) is 0.968. The topological polar surface area (TPSA) is 52.1 Å². The first-order valence-corrected chi connectivity index (χ1v) is 2.95. The van der Waals surface area contributed by atoms with Gasteiger partial charge in [-0.1, -0.05) is 0 Å². The van der Waals surface area contributed by atoms with Crippen molar-refractivity contribution < 1.29 is 18.3 Å². The fourth-order valence-electron chi connectivity index (χ4n) is 0.546. The van der Waals surface area contributed by atoms with E-state index < -0.39 is 12.6 Å². The van der Waals surface area contributed by atoms with Crippen LogP contribution in [0.25, 0.3) is 0 Å². The van der Waals surface area contributed by atoms with Crippen LogP contribution in [0.5, 0.6) is 0 Å². The molecule has 0 amide bonds. The second-order valence-electron chi connectivity index (χ2n) is 1.76. The minimum absolute atomic E-state index is 0.238. The summed E-state index contributed by atoms with van der Waals surface area (Å²) in [6, 6.07) is 0. The molecule has 64 valence electrons. The molecule has 0 unspecified atom stereocenters. The van der Waals surface area contributed by atoms with E-state index in [1.165, 1.54) is 12.4 Å². The molecule has 1 heterocycles. The third-order valence-electron chi connectivity index (χ3n) is 0.968. The van der Waals surface area contributed by atoms with Gasteiger partial charge in [0.1, 0.15) is 0 Å². The summed E-state index contributed by atoms with van der Waals surface area (Å²) in [6.07, 6.45) is 3.58. The molecule has 0 atom stereocenters. The number of hydrogen-bond acceptors (Lipinski definition) is 4. The van der Waals surface area contributed by atoms with E-state index in [0.29, 0.717) is 0 Å². The number of rotatable bonds is 2. The zero-order chi connectivity index (χ0) is 8.97. The molecule has 0 saturated heterocycles. The van der Waals surface area contributed by atoms with Gasteiger partial charge in [0.05, 0.1) is 6.20 Å². The second-order valence-corrected chi connectivity index (χ2v) is 1.76. The molecule has 1 aromatic rings. The highest BCUT2D eigenvalue weighted by atomic mass is 19.3. The fraction of sp³-hybridized carbons (Fsp3) is 0.167. The smallest absolute Gasteiger partial charge is 0.389 e. The maximum absolute atomic E-state index is 11.5. The number of aromatic nitrogens is 2. The first kappa shape index (κ1) is 8.51. The lowest BCUT2D eigenvalue weighted by molar-refractivity contribution is -0.0910. The zero-order valence-electron chi connectivity index (χ0n) is 5.78. The molecular formula is C6H4F2N2O2. The van der Waals surface area contributed by atoms with Gasteiger partial charge in [0.2, 0.25) is 0 Å². The lowest BCUT2D eigenvalue weighted by Gasteiger charge is -1.99. The predicted molar refractivity (Wildman–Crippen MR) is 33.5 cm³/mol. The van der Waals surface area contributed by atoms with Crippen molar-refractivity contribution in [1.82, 2.24) is 9.97 Å². The highest BCUT2D eigenvalue weighted by Crippen LogP contribution is 2.00. The lowest BCUT2D eigenvalue weighted by Crippen LogP contribution is -2.11. The van der Waals surface area contributed by atoms with Crippen LogP contribution in [0.4, 0.5) is 8.78 Å². The van der Waals surface area contributed by atoms with Gasteiger partial charge < -0.3 is 4.74 Å². The van der Waals surface area contributed by atoms with Crippen molar-refractivity contribution in [3.8, 4) is 0 Å². The monoisotopic (exact) mass is 174 g/mol. The Morgan fingerprint density at radius 2 is 2.25 bits per heavy atom. The van der Waals surface area contributed by atoms with Crippen LogP contribution in [0.15, 0.2) is 18.6 Å². The van der Waals surface area contributed by atoms with E-state index in [0.717, 1.165) is 6.20 Å². The Labute approximate surface area is 66.2 Å². The normalized spacial score (nSPS) is 9.92. The van der Waals surface area contributed by atoms with Gasteiger partial charge in [-0.15, -0.1) is 0 Å². The van der Waals surface area contributed by atoms with Crippen molar-refractivity contribution in [2.45, 2.75) is 6.61 Å². The molecule has 4 nitrogen and oxygen atoms in total. The summed E-state index contributed by atoms with van der Waals surface area (Å²) < 4.78 is 26.5. The van der Waals surface area contributed by atoms with E-state index in [2.05, 4.69) is 14.7 Å². The van der Waals surface area contributed by atoms with E-state index >= 15 is 0 Å². The molecule has 0 radical (unpaired) electrons. The number of nitrogens with zero attached hydrogens (tertiary/aromatic N) is 2.